The van der Waals surface area contributed by atoms with Crippen molar-refractivity contribution in [2.45, 2.75) is 102 Å². The summed E-state index contributed by atoms with van der Waals surface area (Å²) in [7, 11) is 0. The van der Waals surface area contributed by atoms with Crippen LogP contribution in [0.3, 0.4) is 0 Å². The van der Waals surface area contributed by atoms with Gasteiger partial charge >= 0.3 is 0 Å². The molecule has 0 saturated carbocycles. The molecule has 0 aliphatic heterocycles. The molecule has 0 aromatic carbocycles. The number of aromatic amines is 2. The van der Waals surface area contributed by atoms with Gasteiger partial charge in [0.2, 0.25) is 21.4 Å². The van der Waals surface area contributed by atoms with E-state index >= 15 is 0 Å². The first-order valence-electron chi connectivity index (χ1n) is 15.6. The molecular weight excluding hydrogens is 605 g/mol. The molecule has 4 N–H and O–H groups in total. The molecule has 0 amide bonds. The number of anilines is 2. The van der Waals surface area contributed by atoms with Crippen LogP contribution in [0.4, 0.5) is 11.9 Å². The van der Waals surface area contributed by atoms with Crippen LogP contribution in [0.15, 0.2) is 10.3 Å². The minimum Gasteiger partial charge on any atom is -0.342 e. The number of hydrogen-bond donors (Lipinski definition) is 4. The average Bonchev–Trinajstić information content (AvgIpc) is 2.97. The molecule has 0 saturated heterocycles. The van der Waals surface area contributed by atoms with Gasteiger partial charge in [-0.1, -0.05) is 76.9 Å². The van der Waals surface area contributed by atoms with Gasteiger partial charge in [0.05, 0.1) is 0 Å². The summed E-state index contributed by atoms with van der Waals surface area (Å²) in [6.07, 6.45) is 11.3. The minimum absolute atomic E-state index is 0.494. The Morgan fingerprint density at radius 3 is 1.26 bits per heavy atom. The summed E-state index contributed by atoms with van der Waals surface area (Å²) in [5.74, 6) is 3.20. The lowest BCUT2D eigenvalue weighted by Gasteiger charge is -2.23. The van der Waals surface area contributed by atoms with Crippen LogP contribution in [0.5, 0.6) is 0 Å². The lowest BCUT2D eigenvalue weighted by Crippen LogP contribution is -2.28. The minimum atomic E-state index is 0.494. The maximum Gasteiger partial charge on any atom is 0.207 e. The number of aromatic nitrogens is 6. The highest BCUT2D eigenvalue weighted by Crippen LogP contribution is 2.17. The Kier molecular flexibility index (Phi) is 20.3. The van der Waals surface area contributed by atoms with Crippen molar-refractivity contribution in [1.29, 1.82) is 0 Å². The topological polar surface area (TPSA) is 114 Å². The maximum atomic E-state index is 5.40. The van der Waals surface area contributed by atoms with E-state index in [1.807, 2.05) is 0 Å². The van der Waals surface area contributed by atoms with Gasteiger partial charge in [-0.2, -0.15) is 19.9 Å². The molecule has 2 aromatic heterocycles. The Labute approximate surface area is 271 Å². The van der Waals surface area contributed by atoms with Gasteiger partial charge in [0.15, 0.2) is 10.3 Å². The van der Waals surface area contributed by atoms with Crippen molar-refractivity contribution >= 4 is 59.9 Å². The molecule has 2 rings (SSSR count). The third kappa shape index (κ3) is 15.4. The van der Waals surface area contributed by atoms with Gasteiger partial charge in [-0.15, -0.1) is 0 Å². The van der Waals surface area contributed by atoms with Crippen LogP contribution in [0.2, 0.25) is 0 Å². The molecule has 238 valence electrons. The summed E-state index contributed by atoms with van der Waals surface area (Å²) in [6.45, 7) is 14.7. The van der Waals surface area contributed by atoms with Crippen LogP contribution in [0, 0.1) is 9.54 Å². The summed E-state index contributed by atoms with van der Waals surface area (Å²) in [6, 6.07) is 0. The molecule has 2 heterocycles. The Morgan fingerprint density at radius 1 is 0.571 bits per heavy atom. The third-order valence-corrected chi connectivity index (χ3v) is 8.49. The predicted octanol–water partition coefficient (Wildman–Crippen LogP) is 6.95. The van der Waals surface area contributed by atoms with Crippen LogP contribution in [0.1, 0.15) is 91.9 Å². The molecule has 0 atom stereocenters. The van der Waals surface area contributed by atoms with Crippen molar-refractivity contribution < 1.29 is 0 Å². The third-order valence-electron chi connectivity index (χ3n) is 6.52. The van der Waals surface area contributed by atoms with Crippen molar-refractivity contribution in [3.63, 3.8) is 0 Å². The highest BCUT2D eigenvalue weighted by atomic mass is 32.2. The van der Waals surface area contributed by atoms with Crippen molar-refractivity contribution in [2.24, 2.45) is 0 Å². The summed E-state index contributed by atoms with van der Waals surface area (Å²) >= 11 is 14.0. The average molecular weight is 657 g/mol. The molecule has 0 fully saturated rings. The Balaban J connectivity index is 1.68. The smallest absolute Gasteiger partial charge is 0.207 e. The molecule has 0 unspecified atom stereocenters. The highest BCUT2D eigenvalue weighted by Gasteiger charge is 2.12. The molecule has 2 aromatic rings. The van der Waals surface area contributed by atoms with Crippen LogP contribution in [-0.4, -0.2) is 80.9 Å². The Hall–Kier alpha value is -1.32. The predicted molar refractivity (Wildman–Crippen MR) is 185 cm³/mol. The summed E-state index contributed by atoms with van der Waals surface area (Å²) in [5, 5.41) is 8.43. The van der Waals surface area contributed by atoms with E-state index in [0.717, 1.165) is 137 Å². The molecule has 14 heteroatoms. The fourth-order valence-corrected chi connectivity index (χ4v) is 5.89. The first kappa shape index (κ1) is 36.9. The molecule has 0 aliphatic carbocycles. The SMILES string of the molecule is CCCCN(CCCC)c1nc(SCNCCCCNCSc2nc(N(CCCC)CCCC)[nH]c(=S)n2)nc(=S)[nH]1. The van der Waals surface area contributed by atoms with Gasteiger partial charge < -0.3 is 30.4 Å². The van der Waals surface area contributed by atoms with Crippen LogP contribution in [-0.2, 0) is 0 Å². The molecule has 0 spiro atoms. The monoisotopic (exact) mass is 656 g/mol. The number of unbranched alkanes of at least 4 members (excludes halogenated alkanes) is 5. The van der Waals surface area contributed by atoms with Crippen molar-refractivity contribution in [1.82, 2.24) is 40.5 Å². The van der Waals surface area contributed by atoms with Gasteiger partial charge in [-0.25, -0.2) is 0 Å². The highest BCUT2D eigenvalue weighted by molar-refractivity contribution is 7.99. The summed E-state index contributed by atoms with van der Waals surface area (Å²) < 4.78 is 0.989. The normalized spacial score (nSPS) is 11.2. The second kappa shape index (κ2) is 23.1. The Morgan fingerprint density at radius 2 is 0.929 bits per heavy atom. The van der Waals surface area contributed by atoms with E-state index in [-0.39, 0.29) is 0 Å². The van der Waals surface area contributed by atoms with E-state index in [9.17, 15) is 0 Å². The van der Waals surface area contributed by atoms with E-state index in [1.165, 1.54) is 0 Å². The Bertz CT molecular complexity index is 995. The fraction of sp³-hybridized carbons (Fsp3) is 0.786. The lowest BCUT2D eigenvalue weighted by atomic mass is 10.3. The fourth-order valence-electron chi connectivity index (χ4n) is 4.06. The molecule has 0 aliphatic rings. The van der Waals surface area contributed by atoms with Crippen LogP contribution in [0.25, 0.3) is 0 Å². The molecular formula is C28H52N10S4. The van der Waals surface area contributed by atoms with Crippen molar-refractivity contribution in [3.8, 4) is 0 Å². The standard InChI is InChI=1S/C28H52N10S4/c1-5-9-17-37(18-10-6-2)23-31-25(39)35-27(33-23)41-21-29-15-13-14-16-30-22-42-28-34-24(32-26(40)36-28)38(19-11-7-3)20-12-8-4/h29-30H,5-22H2,1-4H3,(H,31,33,35,39)(H,32,34,36,40). The number of thioether (sulfide) groups is 2. The first-order valence-corrected chi connectivity index (χ1v) is 18.4. The van der Waals surface area contributed by atoms with E-state index in [4.69, 9.17) is 34.4 Å². The van der Waals surface area contributed by atoms with Gasteiger partial charge in [0.25, 0.3) is 0 Å². The van der Waals surface area contributed by atoms with Crippen LogP contribution >= 0.6 is 48.0 Å². The number of H-pyrrole nitrogens is 2. The molecule has 0 radical (unpaired) electrons. The molecule has 42 heavy (non-hydrogen) atoms. The van der Waals surface area contributed by atoms with Crippen molar-refractivity contribution in [3.05, 3.63) is 9.54 Å². The molecule has 0 bridgehead atoms. The van der Waals surface area contributed by atoms with E-state index < -0.39 is 0 Å². The number of nitrogens with one attached hydrogen (secondary N) is 4. The van der Waals surface area contributed by atoms with Gasteiger partial charge in [-0.05, 0) is 76.1 Å². The number of hydrogen-bond acceptors (Lipinski definition) is 12. The van der Waals surface area contributed by atoms with Crippen LogP contribution < -0.4 is 20.4 Å². The van der Waals surface area contributed by atoms with Gasteiger partial charge in [0.1, 0.15) is 0 Å². The van der Waals surface area contributed by atoms with Gasteiger partial charge in [0, 0.05) is 37.9 Å². The lowest BCUT2D eigenvalue weighted by molar-refractivity contribution is 0.632. The molecule has 10 nitrogen and oxygen atoms in total. The largest absolute Gasteiger partial charge is 0.342 e. The zero-order valence-corrected chi connectivity index (χ0v) is 29.3. The summed E-state index contributed by atoms with van der Waals surface area (Å²) in [5.41, 5.74) is 0. The van der Waals surface area contributed by atoms with E-state index in [2.05, 4.69) is 68.1 Å². The quantitative estimate of drug-likeness (QED) is 0.0384. The maximum absolute atomic E-state index is 5.40. The first-order chi connectivity index (χ1) is 20.5. The number of rotatable bonds is 25. The zero-order chi connectivity index (χ0) is 30.4. The number of nitrogens with zero attached hydrogens (tertiary/aromatic N) is 6. The van der Waals surface area contributed by atoms with E-state index in [1.54, 1.807) is 23.5 Å². The van der Waals surface area contributed by atoms with Gasteiger partial charge in [-0.3, -0.25) is 0 Å². The summed E-state index contributed by atoms with van der Waals surface area (Å²) in [4.78, 5) is 29.4. The second-order valence-corrected chi connectivity index (χ2v) is 12.9. The van der Waals surface area contributed by atoms with Crippen molar-refractivity contribution in [2.75, 3.05) is 60.8 Å². The van der Waals surface area contributed by atoms with E-state index in [0.29, 0.717) is 9.54 Å². The second-order valence-electron chi connectivity index (χ2n) is 10.2. The zero-order valence-electron chi connectivity index (χ0n) is 26.0.